The second-order valence-corrected chi connectivity index (χ2v) is 9.07. The first-order valence-electron chi connectivity index (χ1n) is 8.79. The first kappa shape index (κ1) is 17.8. The molecule has 0 spiro atoms. The second-order valence-electron chi connectivity index (χ2n) is 7.24. The summed E-state index contributed by atoms with van der Waals surface area (Å²) < 4.78 is 2.34. The summed E-state index contributed by atoms with van der Waals surface area (Å²) in [6.45, 7) is 2.46. The van der Waals surface area contributed by atoms with Crippen molar-refractivity contribution in [3.63, 3.8) is 0 Å². The van der Waals surface area contributed by atoms with Crippen LogP contribution in [0.4, 0.5) is 11.4 Å². The van der Waals surface area contributed by atoms with Gasteiger partial charge in [-0.05, 0) is 67.3 Å². The molecule has 0 N–H and O–H groups in total. The van der Waals surface area contributed by atoms with Gasteiger partial charge in [0.05, 0.1) is 0 Å². The molecule has 132 valence electrons. The monoisotopic (exact) mass is 482 g/mol. The third-order valence-electron chi connectivity index (χ3n) is 5.76. The van der Waals surface area contributed by atoms with Crippen molar-refractivity contribution in [1.82, 2.24) is 4.90 Å². The predicted molar refractivity (Wildman–Crippen MR) is 113 cm³/mol. The Bertz CT molecular complexity index is 776. The van der Waals surface area contributed by atoms with Crippen LogP contribution in [0.25, 0.3) is 0 Å². The van der Waals surface area contributed by atoms with Crippen LogP contribution in [0, 0.1) is 0 Å². The summed E-state index contributed by atoms with van der Waals surface area (Å²) >= 11 is 7.25. The lowest BCUT2D eigenvalue weighted by molar-refractivity contribution is 0.188. The zero-order chi connectivity index (χ0) is 16.3. The van der Waals surface area contributed by atoms with Gasteiger partial charge in [0.25, 0.3) is 0 Å². The lowest BCUT2D eigenvalue weighted by Gasteiger charge is -2.39. The average Bonchev–Trinajstić information content (AvgIpc) is 3.39. The molecule has 2 nitrogen and oxygen atoms in total. The number of hydrogen-bond donors (Lipinski definition) is 0. The van der Waals surface area contributed by atoms with E-state index in [4.69, 9.17) is 0 Å². The number of fused-ring (bicyclic) bond motifs is 3. The quantitative estimate of drug-likeness (QED) is 0.508. The summed E-state index contributed by atoms with van der Waals surface area (Å²) in [7, 11) is 0. The number of hydrogen-bond acceptors (Lipinski definition) is 2. The second kappa shape index (κ2) is 6.88. The van der Waals surface area contributed by atoms with Crippen molar-refractivity contribution in [2.75, 3.05) is 18.0 Å². The zero-order valence-corrected chi connectivity index (χ0v) is 17.9. The summed E-state index contributed by atoms with van der Waals surface area (Å²) in [5, 5.41) is 0. The molecular formula is C20H21Br2ClN2. The number of likely N-dealkylation sites (tertiary alicyclic amines) is 1. The molecule has 0 bridgehead atoms. The van der Waals surface area contributed by atoms with Gasteiger partial charge in [-0.25, -0.2) is 0 Å². The molecule has 0 unspecified atom stereocenters. The van der Waals surface area contributed by atoms with Crippen molar-refractivity contribution in [1.29, 1.82) is 0 Å². The summed E-state index contributed by atoms with van der Waals surface area (Å²) in [4.78, 5) is 5.32. The van der Waals surface area contributed by atoms with Gasteiger partial charge in [0.1, 0.15) is 0 Å². The molecule has 2 aromatic carbocycles. The smallest absolute Gasteiger partial charge is 0.0451 e. The summed E-state index contributed by atoms with van der Waals surface area (Å²) in [5.74, 6) is 0.621. The van der Waals surface area contributed by atoms with E-state index in [1.54, 1.807) is 0 Å². The van der Waals surface area contributed by atoms with E-state index in [2.05, 4.69) is 84.1 Å². The lowest BCUT2D eigenvalue weighted by Crippen LogP contribution is -2.45. The van der Waals surface area contributed by atoms with Crippen LogP contribution >= 0.6 is 44.3 Å². The number of nitrogens with zero attached hydrogens (tertiary/aromatic N) is 2. The fourth-order valence-electron chi connectivity index (χ4n) is 4.50. The van der Waals surface area contributed by atoms with Crippen LogP contribution < -0.4 is 4.90 Å². The van der Waals surface area contributed by atoms with Crippen LogP contribution in [0.15, 0.2) is 51.4 Å². The highest BCUT2D eigenvalue weighted by Gasteiger charge is 2.45. The Hall–Kier alpha value is -0.550. The maximum Gasteiger partial charge on any atom is 0.0451 e. The average molecular weight is 485 g/mol. The maximum absolute atomic E-state index is 3.69. The molecule has 2 heterocycles. The van der Waals surface area contributed by atoms with Crippen LogP contribution in [-0.4, -0.2) is 30.1 Å². The molecule has 2 aliphatic heterocycles. The van der Waals surface area contributed by atoms with Gasteiger partial charge in [-0.1, -0.05) is 31.9 Å². The molecule has 2 fully saturated rings. The van der Waals surface area contributed by atoms with Crippen molar-refractivity contribution in [3.05, 3.63) is 57.0 Å². The molecule has 5 heteroatoms. The standard InChI is InChI=1S/C20H20Br2N2.ClH/c21-13-1-4-16(5-2-13)24-19-8-3-14(22)11-17(19)18-12-23(15-6-7-15)10-9-20(18)24;/h1-5,8,11,15,18,20H,6-7,9-10,12H2;1H/t18-,20+;/m0./s1. The van der Waals surface area contributed by atoms with Crippen molar-refractivity contribution < 1.29 is 0 Å². The maximum atomic E-state index is 3.69. The van der Waals surface area contributed by atoms with Gasteiger partial charge < -0.3 is 4.90 Å². The minimum atomic E-state index is 0. The van der Waals surface area contributed by atoms with E-state index < -0.39 is 0 Å². The summed E-state index contributed by atoms with van der Waals surface area (Å²) in [6, 6.07) is 17.1. The Morgan fingerprint density at radius 3 is 2.32 bits per heavy atom. The Kier molecular flexibility index (Phi) is 4.91. The van der Waals surface area contributed by atoms with Gasteiger partial charge in [-0.2, -0.15) is 0 Å². The molecule has 1 saturated carbocycles. The molecule has 0 radical (unpaired) electrons. The third-order valence-corrected chi connectivity index (χ3v) is 6.78. The Morgan fingerprint density at radius 2 is 1.60 bits per heavy atom. The first-order chi connectivity index (χ1) is 11.7. The van der Waals surface area contributed by atoms with Gasteiger partial charge >= 0.3 is 0 Å². The Balaban J connectivity index is 0.00000157. The lowest BCUT2D eigenvalue weighted by atomic mass is 9.89. The molecule has 25 heavy (non-hydrogen) atoms. The number of halogens is 3. The fourth-order valence-corrected chi connectivity index (χ4v) is 5.15. The topological polar surface area (TPSA) is 6.48 Å². The van der Waals surface area contributed by atoms with Gasteiger partial charge in [-0.3, -0.25) is 4.90 Å². The minimum Gasteiger partial charge on any atom is -0.337 e. The highest BCUT2D eigenvalue weighted by atomic mass is 79.9. The molecule has 2 atom stereocenters. The number of piperidine rings is 1. The predicted octanol–water partition coefficient (Wildman–Crippen LogP) is 6.11. The first-order valence-corrected chi connectivity index (χ1v) is 10.4. The molecule has 5 rings (SSSR count). The van der Waals surface area contributed by atoms with E-state index in [0.717, 1.165) is 10.5 Å². The number of anilines is 2. The van der Waals surface area contributed by atoms with Gasteiger partial charge in [0.15, 0.2) is 0 Å². The van der Waals surface area contributed by atoms with Crippen LogP contribution in [0.5, 0.6) is 0 Å². The van der Waals surface area contributed by atoms with E-state index in [1.807, 2.05) is 0 Å². The summed E-state index contributed by atoms with van der Waals surface area (Å²) in [6.07, 6.45) is 4.06. The highest BCUT2D eigenvalue weighted by molar-refractivity contribution is 9.10. The van der Waals surface area contributed by atoms with Crippen LogP contribution in [0.3, 0.4) is 0 Å². The Morgan fingerprint density at radius 1 is 0.880 bits per heavy atom. The largest absolute Gasteiger partial charge is 0.337 e. The molecular weight excluding hydrogens is 463 g/mol. The molecule has 3 aliphatic rings. The molecule has 0 aromatic heterocycles. The van der Waals surface area contributed by atoms with Crippen molar-refractivity contribution >= 4 is 55.6 Å². The van der Waals surface area contributed by atoms with Crippen LogP contribution in [-0.2, 0) is 0 Å². The molecule has 0 amide bonds. The number of benzene rings is 2. The minimum absolute atomic E-state index is 0. The van der Waals surface area contributed by atoms with E-state index >= 15 is 0 Å². The Labute approximate surface area is 172 Å². The number of rotatable bonds is 2. The molecule has 2 aromatic rings. The van der Waals surface area contributed by atoms with Crippen LogP contribution in [0.2, 0.25) is 0 Å². The van der Waals surface area contributed by atoms with Gasteiger partial charge in [0, 0.05) is 51.4 Å². The van der Waals surface area contributed by atoms with E-state index in [-0.39, 0.29) is 12.4 Å². The molecule has 1 saturated heterocycles. The molecule has 1 aliphatic carbocycles. The van der Waals surface area contributed by atoms with E-state index in [0.29, 0.717) is 12.0 Å². The van der Waals surface area contributed by atoms with E-state index in [1.165, 1.54) is 53.8 Å². The normalized spacial score (nSPS) is 25.3. The SMILES string of the molecule is Brc1ccc(N2c3ccc(Br)cc3[C@@H]3CN(C4CC4)CC[C@H]32)cc1.Cl. The fraction of sp³-hybridized carbons (Fsp3) is 0.400. The third kappa shape index (κ3) is 3.16. The van der Waals surface area contributed by atoms with Crippen molar-refractivity contribution in [2.45, 2.75) is 37.3 Å². The van der Waals surface area contributed by atoms with Gasteiger partial charge in [-0.15, -0.1) is 12.4 Å². The van der Waals surface area contributed by atoms with E-state index in [9.17, 15) is 0 Å². The van der Waals surface area contributed by atoms with Gasteiger partial charge in [0.2, 0.25) is 0 Å². The van der Waals surface area contributed by atoms with Crippen LogP contribution in [0.1, 0.15) is 30.7 Å². The highest BCUT2D eigenvalue weighted by Crippen LogP contribution is 2.50. The van der Waals surface area contributed by atoms with Crippen molar-refractivity contribution in [2.24, 2.45) is 0 Å². The zero-order valence-electron chi connectivity index (χ0n) is 13.9. The van der Waals surface area contributed by atoms with Crippen molar-refractivity contribution in [3.8, 4) is 0 Å². The summed E-state index contributed by atoms with van der Waals surface area (Å²) in [5.41, 5.74) is 4.23.